The highest BCUT2D eigenvalue weighted by atomic mass is 16.7. The third-order valence-electron chi connectivity index (χ3n) is 3.46. The van der Waals surface area contributed by atoms with Gasteiger partial charge in [-0.3, -0.25) is 4.84 Å². The van der Waals surface area contributed by atoms with Crippen molar-refractivity contribution in [1.29, 1.82) is 0 Å². The maximum Gasteiger partial charge on any atom is 0.0790 e. The van der Waals surface area contributed by atoms with Gasteiger partial charge in [0, 0.05) is 0 Å². The Morgan fingerprint density at radius 1 is 1.24 bits per heavy atom. The predicted molar refractivity (Wildman–Crippen MR) is 70.6 cm³/mol. The van der Waals surface area contributed by atoms with Gasteiger partial charge in [0.15, 0.2) is 0 Å². The van der Waals surface area contributed by atoms with Crippen LogP contribution in [0.5, 0.6) is 0 Å². The Morgan fingerprint density at radius 3 is 2.59 bits per heavy atom. The first kappa shape index (κ1) is 12.6. The molecule has 1 aromatic rings. The van der Waals surface area contributed by atoms with Gasteiger partial charge in [-0.05, 0) is 24.8 Å². The molecule has 1 aliphatic rings. The highest BCUT2D eigenvalue weighted by Gasteiger charge is 2.18. The maximum atomic E-state index is 5.82. The third-order valence-corrected chi connectivity index (χ3v) is 3.46. The van der Waals surface area contributed by atoms with Crippen molar-refractivity contribution in [1.82, 2.24) is 5.48 Å². The van der Waals surface area contributed by atoms with Crippen molar-refractivity contribution in [3.05, 3.63) is 35.9 Å². The van der Waals surface area contributed by atoms with Crippen molar-refractivity contribution in [2.75, 3.05) is 0 Å². The van der Waals surface area contributed by atoms with Crippen LogP contribution >= 0.6 is 0 Å². The van der Waals surface area contributed by atoms with Gasteiger partial charge in [-0.25, -0.2) is 0 Å². The van der Waals surface area contributed by atoms with Crippen LogP contribution in [0.15, 0.2) is 30.3 Å². The summed E-state index contributed by atoms with van der Waals surface area (Å²) in [6.45, 7) is 2.22. The summed E-state index contributed by atoms with van der Waals surface area (Å²) >= 11 is 0. The predicted octanol–water partition coefficient (Wildman–Crippen LogP) is 3.99. The average Bonchev–Trinajstić information content (AvgIpc) is 2.88. The van der Waals surface area contributed by atoms with E-state index in [9.17, 15) is 0 Å². The molecule has 2 rings (SSSR count). The van der Waals surface area contributed by atoms with Gasteiger partial charge < -0.3 is 0 Å². The number of nitrogens with one attached hydrogen (secondary N) is 1. The molecule has 2 nitrogen and oxygen atoms in total. The number of hydroxylamine groups is 1. The zero-order valence-corrected chi connectivity index (χ0v) is 10.7. The summed E-state index contributed by atoms with van der Waals surface area (Å²) in [5, 5.41) is 0. The van der Waals surface area contributed by atoms with Crippen LogP contribution in [0, 0.1) is 0 Å². The van der Waals surface area contributed by atoms with E-state index >= 15 is 0 Å². The summed E-state index contributed by atoms with van der Waals surface area (Å²) in [5.74, 6) is 0. The van der Waals surface area contributed by atoms with E-state index in [-0.39, 0.29) is 0 Å². The van der Waals surface area contributed by atoms with Crippen molar-refractivity contribution in [2.45, 2.75) is 57.6 Å². The Hall–Kier alpha value is -0.860. The van der Waals surface area contributed by atoms with E-state index in [1.165, 1.54) is 37.7 Å². The molecule has 1 saturated carbocycles. The molecular formula is C15H23NO. The van der Waals surface area contributed by atoms with Crippen LogP contribution in [0.2, 0.25) is 0 Å². The Kier molecular flexibility index (Phi) is 5.02. The van der Waals surface area contributed by atoms with Gasteiger partial charge in [0.05, 0.1) is 12.1 Å². The molecule has 0 bridgehead atoms. The summed E-state index contributed by atoms with van der Waals surface area (Å²) in [5.41, 5.74) is 4.61. The molecule has 1 aromatic carbocycles. The molecule has 17 heavy (non-hydrogen) atoms. The van der Waals surface area contributed by atoms with Crippen LogP contribution in [0.3, 0.4) is 0 Å². The molecular weight excluding hydrogens is 210 g/mol. The molecule has 0 heterocycles. The molecule has 1 fully saturated rings. The van der Waals surface area contributed by atoms with Gasteiger partial charge in [0.2, 0.25) is 0 Å². The fraction of sp³-hybridized carbons (Fsp3) is 0.600. The summed E-state index contributed by atoms with van der Waals surface area (Å²) in [7, 11) is 0. The largest absolute Gasteiger partial charge is 0.298 e. The first-order valence-corrected chi connectivity index (χ1v) is 6.86. The molecule has 0 saturated heterocycles. The quantitative estimate of drug-likeness (QED) is 0.750. The third kappa shape index (κ3) is 3.83. The summed E-state index contributed by atoms with van der Waals surface area (Å²) in [6, 6.07) is 10.9. The molecule has 1 aliphatic carbocycles. The molecule has 0 spiro atoms. The van der Waals surface area contributed by atoms with Gasteiger partial charge in [0.1, 0.15) is 0 Å². The highest BCUT2D eigenvalue weighted by Crippen LogP contribution is 2.23. The number of hydrogen-bond acceptors (Lipinski definition) is 2. The molecule has 0 aliphatic heterocycles. The van der Waals surface area contributed by atoms with Gasteiger partial charge in [-0.1, -0.05) is 56.5 Å². The van der Waals surface area contributed by atoms with E-state index in [1.807, 2.05) is 0 Å². The smallest absolute Gasteiger partial charge is 0.0790 e. The number of benzene rings is 1. The second-order valence-corrected chi connectivity index (χ2v) is 4.89. The summed E-state index contributed by atoms with van der Waals surface area (Å²) in [6.07, 6.45) is 7.77. The summed E-state index contributed by atoms with van der Waals surface area (Å²) < 4.78 is 0. The SMILES string of the molecule is CCCC(NOC1CCCC1)c1ccccc1. The standard InChI is InChI=1S/C15H23NO/c1-2-8-15(13-9-4-3-5-10-13)16-17-14-11-6-7-12-14/h3-5,9-10,14-16H,2,6-8,11-12H2,1H3. The highest BCUT2D eigenvalue weighted by molar-refractivity contribution is 5.18. The lowest BCUT2D eigenvalue weighted by atomic mass is 10.0. The zero-order valence-electron chi connectivity index (χ0n) is 10.7. The Labute approximate surface area is 104 Å². The lowest BCUT2D eigenvalue weighted by Gasteiger charge is -2.21. The Morgan fingerprint density at radius 2 is 1.94 bits per heavy atom. The van der Waals surface area contributed by atoms with E-state index < -0.39 is 0 Å². The Bertz CT molecular complexity index is 306. The second-order valence-electron chi connectivity index (χ2n) is 4.89. The van der Waals surface area contributed by atoms with E-state index in [4.69, 9.17) is 4.84 Å². The second kappa shape index (κ2) is 6.77. The van der Waals surface area contributed by atoms with Crippen molar-refractivity contribution < 1.29 is 4.84 Å². The lowest BCUT2D eigenvalue weighted by Crippen LogP contribution is -2.26. The van der Waals surface area contributed by atoms with E-state index in [0.717, 1.165) is 6.42 Å². The molecule has 0 radical (unpaired) electrons. The molecule has 2 heteroatoms. The normalized spacial score (nSPS) is 18.4. The van der Waals surface area contributed by atoms with Crippen LogP contribution in [-0.2, 0) is 4.84 Å². The molecule has 1 atom stereocenters. The van der Waals surface area contributed by atoms with Gasteiger partial charge in [-0.15, -0.1) is 0 Å². The first-order valence-electron chi connectivity index (χ1n) is 6.86. The van der Waals surface area contributed by atoms with E-state index in [1.54, 1.807) is 0 Å². The van der Waals surface area contributed by atoms with Crippen LogP contribution < -0.4 is 5.48 Å². The summed E-state index contributed by atoms with van der Waals surface area (Å²) in [4.78, 5) is 5.82. The van der Waals surface area contributed by atoms with Crippen LogP contribution in [0.25, 0.3) is 0 Å². The molecule has 1 unspecified atom stereocenters. The molecule has 1 N–H and O–H groups in total. The van der Waals surface area contributed by atoms with Gasteiger partial charge in [-0.2, -0.15) is 5.48 Å². The number of rotatable bonds is 6. The van der Waals surface area contributed by atoms with Crippen LogP contribution in [-0.4, -0.2) is 6.10 Å². The van der Waals surface area contributed by atoms with Crippen LogP contribution in [0.1, 0.15) is 57.1 Å². The fourth-order valence-electron chi connectivity index (χ4n) is 2.45. The molecule has 0 amide bonds. The fourth-order valence-corrected chi connectivity index (χ4v) is 2.45. The monoisotopic (exact) mass is 233 g/mol. The van der Waals surface area contributed by atoms with Crippen molar-refractivity contribution in [2.24, 2.45) is 0 Å². The minimum Gasteiger partial charge on any atom is -0.298 e. The van der Waals surface area contributed by atoms with Crippen molar-refractivity contribution >= 4 is 0 Å². The molecule has 94 valence electrons. The molecule has 0 aromatic heterocycles. The van der Waals surface area contributed by atoms with Gasteiger partial charge in [0.25, 0.3) is 0 Å². The van der Waals surface area contributed by atoms with Crippen LogP contribution in [0.4, 0.5) is 0 Å². The lowest BCUT2D eigenvalue weighted by molar-refractivity contribution is -0.0424. The van der Waals surface area contributed by atoms with E-state index in [0.29, 0.717) is 12.1 Å². The average molecular weight is 233 g/mol. The zero-order chi connectivity index (χ0) is 11.9. The topological polar surface area (TPSA) is 21.3 Å². The van der Waals surface area contributed by atoms with E-state index in [2.05, 4.69) is 42.7 Å². The van der Waals surface area contributed by atoms with Crippen molar-refractivity contribution in [3.63, 3.8) is 0 Å². The minimum atomic E-state index is 0.335. The minimum absolute atomic E-state index is 0.335. The van der Waals surface area contributed by atoms with Crippen molar-refractivity contribution in [3.8, 4) is 0 Å². The first-order chi connectivity index (χ1) is 8.40. The number of hydrogen-bond donors (Lipinski definition) is 1. The maximum absolute atomic E-state index is 5.82. The Balaban J connectivity index is 1.88. The van der Waals surface area contributed by atoms with Gasteiger partial charge >= 0.3 is 0 Å².